The molecular weight excluding hydrogens is 297 g/mol. The normalized spacial score (nSPS) is 12.4. The number of methoxy groups -OCH3 is 1. The molecule has 1 N–H and O–H groups in total. The van der Waals surface area contributed by atoms with Crippen LogP contribution in [-0.2, 0) is 0 Å². The number of ether oxygens (including phenoxy) is 1. The van der Waals surface area contributed by atoms with E-state index in [-0.39, 0.29) is 6.04 Å². The summed E-state index contributed by atoms with van der Waals surface area (Å²) in [6, 6.07) is 5.44. The summed E-state index contributed by atoms with van der Waals surface area (Å²) in [4.78, 5) is 0. The van der Waals surface area contributed by atoms with Crippen LogP contribution in [0.25, 0.3) is 0 Å². The van der Waals surface area contributed by atoms with Crippen LogP contribution in [-0.4, -0.2) is 13.7 Å². The van der Waals surface area contributed by atoms with Crippen LogP contribution in [0, 0.1) is 0 Å². The molecule has 20 heavy (non-hydrogen) atoms. The van der Waals surface area contributed by atoms with Crippen molar-refractivity contribution in [2.75, 3.05) is 13.7 Å². The van der Waals surface area contributed by atoms with Crippen LogP contribution < -0.4 is 10.1 Å². The molecule has 2 aromatic rings. The molecule has 0 amide bonds. The summed E-state index contributed by atoms with van der Waals surface area (Å²) < 4.78 is 10.3. The first kappa shape index (κ1) is 15.2. The molecule has 0 spiro atoms. The van der Waals surface area contributed by atoms with Crippen molar-refractivity contribution in [3.63, 3.8) is 0 Å². The predicted molar refractivity (Wildman–Crippen MR) is 81.9 cm³/mol. The molecule has 0 aliphatic heterocycles. The van der Waals surface area contributed by atoms with E-state index >= 15 is 0 Å². The molecule has 1 heterocycles. The fourth-order valence-electron chi connectivity index (χ4n) is 2.06. The maximum Gasteiger partial charge on any atom is 0.138 e. The van der Waals surface area contributed by atoms with E-state index in [0.717, 1.165) is 24.1 Å². The van der Waals surface area contributed by atoms with Gasteiger partial charge in [0.1, 0.15) is 5.75 Å². The summed E-state index contributed by atoms with van der Waals surface area (Å²) in [5.74, 6) is 0.571. The van der Waals surface area contributed by atoms with E-state index in [1.807, 2.05) is 12.1 Å². The van der Waals surface area contributed by atoms with Gasteiger partial charge in [-0.25, -0.2) is 0 Å². The minimum atomic E-state index is -0.0513. The highest BCUT2D eigenvalue weighted by atomic mass is 35.5. The third kappa shape index (κ3) is 3.29. The molecular formula is C15H17Cl2NO2. The zero-order chi connectivity index (χ0) is 14.5. The van der Waals surface area contributed by atoms with Crippen LogP contribution in [0.3, 0.4) is 0 Å². The van der Waals surface area contributed by atoms with Crippen LogP contribution in [0.1, 0.15) is 30.5 Å². The second-order valence-corrected chi connectivity index (χ2v) is 5.27. The molecule has 1 unspecified atom stereocenters. The molecule has 0 aliphatic rings. The van der Waals surface area contributed by atoms with Crippen LogP contribution in [0.2, 0.25) is 10.0 Å². The number of halogens is 2. The van der Waals surface area contributed by atoms with Crippen molar-refractivity contribution < 1.29 is 9.15 Å². The Morgan fingerprint density at radius 1 is 1.30 bits per heavy atom. The van der Waals surface area contributed by atoms with Gasteiger partial charge in [-0.3, -0.25) is 0 Å². The van der Waals surface area contributed by atoms with Crippen LogP contribution in [0.5, 0.6) is 5.75 Å². The number of furan rings is 1. The van der Waals surface area contributed by atoms with Crippen molar-refractivity contribution in [2.24, 2.45) is 0 Å². The standard InChI is InChI=1S/C15H17Cl2NO2/c1-3-5-18-15(10-4-6-20-9-10)11-7-13(17)14(19-2)8-12(11)16/h4,6-9,15,18H,3,5H2,1-2H3. The summed E-state index contributed by atoms with van der Waals surface area (Å²) in [7, 11) is 1.57. The Kier molecular flexibility index (Phi) is 5.35. The Bertz CT molecular complexity index is 555. The van der Waals surface area contributed by atoms with E-state index in [0.29, 0.717) is 15.8 Å². The topological polar surface area (TPSA) is 34.4 Å². The van der Waals surface area contributed by atoms with Gasteiger partial charge in [0, 0.05) is 16.7 Å². The lowest BCUT2D eigenvalue weighted by Crippen LogP contribution is -2.23. The molecule has 1 aromatic heterocycles. The lowest BCUT2D eigenvalue weighted by atomic mass is 10.0. The summed E-state index contributed by atoms with van der Waals surface area (Å²) in [5, 5.41) is 4.60. The van der Waals surface area contributed by atoms with E-state index < -0.39 is 0 Å². The van der Waals surface area contributed by atoms with E-state index in [9.17, 15) is 0 Å². The quantitative estimate of drug-likeness (QED) is 0.840. The van der Waals surface area contributed by atoms with Crippen LogP contribution in [0.4, 0.5) is 0 Å². The Hall–Kier alpha value is -1.16. The zero-order valence-corrected chi connectivity index (χ0v) is 13.0. The molecule has 0 saturated heterocycles. The summed E-state index contributed by atoms with van der Waals surface area (Å²) in [5.41, 5.74) is 1.92. The molecule has 0 radical (unpaired) electrons. The maximum atomic E-state index is 6.36. The minimum Gasteiger partial charge on any atom is -0.495 e. The second-order valence-electron chi connectivity index (χ2n) is 4.45. The Balaban J connectivity index is 2.40. The zero-order valence-electron chi connectivity index (χ0n) is 11.5. The van der Waals surface area contributed by atoms with Crippen molar-refractivity contribution in [2.45, 2.75) is 19.4 Å². The van der Waals surface area contributed by atoms with Crippen LogP contribution >= 0.6 is 23.2 Å². The lowest BCUT2D eigenvalue weighted by molar-refractivity contribution is 0.414. The average molecular weight is 314 g/mol. The molecule has 2 rings (SSSR count). The van der Waals surface area contributed by atoms with Gasteiger partial charge in [-0.1, -0.05) is 30.1 Å². The molecule has 1 aromatic carbocycles. The Morgan fingerprint density at radius 2 is 2.10 bits per heavy atom. The van der Waals surface area contributed by atoms with Gasteiger partial charge in [-0.05, 0) is 30.7 Å². The van der Waals surface area contributed by atoms with E-state index in [2.05, 4.69) is 12.2 Å². The highest BCUT2D eigenvalue weighted by Crippen LogP contribution is 2.36. The molecule has 0 saturated carbocycles. The second kappa shape index (κ2) is 7.02. The predicted octanol–water partition coefficient (Wildman–Crippen LogP) is 4.68. The van der Waals surface area contributed by atoms with Gasteiger partial charge >= 0.3 is 0 Å². The number of hydrogen-bond acceptors (Lipinski definition) is 3. The monoisotopic (exact) mass is 313 g/mol. The van der Waals surface area contributed by atoms with Gasteiger partial charge in [0.2, 0.25) is 0 Å². The van der Waals surface area contributed by atoms with Crippen molar-refractivity contribution >= 4 is 23.2 Å². The van der Waals surface area contributed by atoms with Crippen molar-refractivity contribution in [1.29, 1.82) is 0 Å². The third-order valence-electron chi connectivity index (χ3n) is 3.06. The van der Waals surface area contributed by atoms with E-state index in [4.69, 9.17) is 32.4 Å². The summed E-state index contributed by atoms with van der Waals surface area (Å²) in [6.07, 6.45) is 4.38. The van der Waals surface area contributed by atoms with E-state index in [1.165, 1.54) is 0 Å². The molecule has 3 nitrogen and oxygen atoms in total. The van der Waals surface area contributed by atoms with Gasteiger partial charge < -0.3 is 14.5 Å². The summed E-state index contributed by atoms with van der Waals surface area (Å²) in [6.45, 7) is 2.98. The molecule has 0 fully saturated rings. The molecule has 0 bridgehead atoms. The SMILES string of the molecule is CCCNC(c1ccoc1)c1cc(Cl)c(OC)cc1Cl. The first-order valence-corrected chi connectivity index (χ1v) is 7.21. The van der Waals surface area contributed by atoms with Gasteiger partial charge in [0.05, 0.1) is 30.7 Å². The minimum absolute atomic E-state index is 0.0513. The van der Waals surface area contributed by atoms with Crippen LogP contribution in [0.15, 0.2) is 35.1 Å². The van der Waals surface area contributed by atoms with Gasteiger partial charge in [-0.15, -0.1) is 0 Å². The molecule has 1 atom stereocenters. The lowest BCUT2D eigenvalue weighted by Gasteiger charge is -2.20. The van der Waals surface area contributed by atoms with Crippen molar-refractivity contribution in [1.82, 2.24) is 5.32 Å². The molecule has 0 aliphatic carbocycles. The van der Waals surface area contributed by atoms with Gasteiger partial charge in [0.15, 0.2) is 0 Å². The highest BCUT2D eigenvalue weighted by molar-refractivity contribution is 6.34. The fourth-order valence-corrected chi connectivity index (χ4v) is 2.57. The Morgan fingerprint density at radius 3 is 2.70 bits per heavy atom. The van der Waals surface area contributed by atoms with Crippen molar-refractivity contribution in [3.8, 4) is 5.75 Å². The van der Waals surface area contributed by atoms with Gasteiger partial charge in [-0.2, -0.15) is 0 Å². The highest BCUT2D eigenvalue weighted by Gasteiger charge is 2.19. The maximum absolute atomic E-state index is 6.36. The average Bonchev–Trinajstić information content (AvgIpc) is 2.96. The molecule has 108 valence electrons. The smallest absolute Gasteiger partial charge is 0.138 e. The Labute approximate surface area is 128 Å². The first-order chi connectivity index (χ1) is 9.67. The summed E-state index contributed by atoms with van der Waals surface area (Å²) >= 11 is 12.6. The number of benzene rings is 1. The largest absolute Gasteiger partial charge is 0.495 e. The van der Waals surface area contributed by atoms with E-state index in [1.54, 1.807) is 25.7 Å². The number of rotatable bonds is 6. The number of hydrogen-bond donors (Lipinski definition) is 1. The third-order valence-corrected chi connectivity index (χ3v) is 3.68. The molecule has 5 heteroatoms. The number of nitrogens with one attached hydrogen (secondary N) is 1. The van der Waals surface area contributed by atoms with Gasteiger partial charge in [0.25, 0.3) is 0 Å². The van der Waals surface area contributed by atoms with Crippen molar-refractivity contribution in [3.05, 3.63) is 51.9 Å². The fraction of sp³-hybridized carbons (Fsp3) is 0.333. The first-order valence-electron chi connectivity index (χ1n) is 6.45.